The molecule has 0 fully saturated rings. The van der Waals surface area contributed by atoms with Gasteiger partial charge in [-0.25, -0.2) is 4.98 Å². The summed E-state index contributed by atoms with van der Waals surface area (Å²) in [6, 6.07) is 17.6. The van der Waals surface area contributed by atoms with Crippen molar-refractivity contribution in [1.29, 1.82) is 0 Å². The molecule has 0 unspecified atom stereocenters. The molecule has 1 amide bonds. The summed E-state index contributed by atoms with van der Waals surface area (Å²) in [5, 5.41) is 12.9. The lowest BCUT2D eigenvalue weighted by Crippen LogP contribution is -2.14. The number of carbonyl (C=O) groups is 1. The topological polar surface area (TPSA) is 95.1 Å². The van der Waals surface area contributed by atoms with E-state index in [4.69, 9.17) is 9.15 Å². The van der Waals surface area contributed by atoms with E-state index in [-0.39, 0.29) is 11.7 Å². The van der Waals surface area contributed by atoms with Crippen LogP contribution in [0.15, 0.2) is 70.4 Å². The molecule has 3 heterocycles. The number of amides is 1. The van der Waals surface area contributed by atoms with E-state index in [9.17, 15) is 4.79 Å². The van der Waals surface area contributed by atoms with Gasteiger partial charge in [0, 0.05) is 0 Å². The molecule has 5 rings (SSSR count). The standard InChI is InChI=1S/C24H21N5O3S2/c1-15-18(10-11-32-15)22-27-28-24(29(22)13-16-6-4-3-5-7-16)33-14-21(30)26-23-25-19-9-8-17(31-2)12-20(19)34-23/h3-12H,13-14H2,1-2H3,(H,25,26,30). The number of rotatable bonds is 8. The zero-order valence-corrected chi connectivity index (χ0v) is 20.2. The Bertz CT molecular complexity index is 1440. The van der Waals surface area contributed by atoms with Crippen molar-refractivity contribution in [2.45, 2.75) is 18.6 Å². The molecule has 0 aliphatic carbocycles. The van der Waals surface area contributed by atoms with Crippen molar-refractivity contribution in [2.24, 2.45) is 0 Å². The zero-order valence-electron chi connectivity index (χ0n) is 18.5. The summed E-state index contributed by atoms with van der Waals surface area (Å²) < 4.78 is 13.7. The van der Waals surface area contributed by atoms with Gasteiger partial charge in [-0.2, -0.15) is 0 Å². The predicted octanol–water partition coefficient (Wildman–Crippen LogP) is 5.24. The lowest BCUT2D eigenvalue weighted by Gasteiger charge is -2.10. The second-order valence-electron chi connectivity index (χ2n) is 7.46. The van der Waals surface area contributed by atoms with Crippen LogP contribution in [0.5, 0.6) is 5.75 Å². The maximum Gasteiger partial charge on any atom is 0.236 e. The van der Waals surface area contributed by atoms with Crippen molar-refractivity contribution >= 4 is 44.4 Å². The quantitative estimate of drug-likeness (QED) is 0.296. The van der Waals surface area contributed by atoms with E-state index in [0.717, 1.165) is 32.9 Å². The van der Waals surface area contributed by atoms with E-state index in [1.165, 1.54) is 23.1 Å². The van der Waals surface area contributed by atoms with Crippen LogP contribution in [-0.4, -0.2) is 38.5 Å². The number of aromatic nitrogens is 4. The highest BCUT2D eigenvalue weighted by Gasteiger charge is 2.19. The number of furan rings is 1. The van der Waals surface area contributed by atoms with Crippen LogP contribution in [0.4, 0.5) is 5.13 Å². The highest BCUT2D eigenvalue weighted by atomic mass is 32.2. The fourth-order valence-electron chi connectivity index (χ4n) is 3.49. The predicted molar refractivity (Wildman–Crippen MR) is 134 cm³/mol. The summed E-state index contributed by atoms with van der Waals surface area (Å²) in [6.07, 6.45) is 1.64. The van der Waals surface area contributed by atoms with Crippen LogP contribution in [0.1, 0.15) is 11.3 Å². The third-order valence-corrected chi connectivity index (χ3v) is 7.07. The highest BCUT2D eigenvalue weighted by Crippen LogP contribution is 2.30. The second kappa shape index (κ2) is 9.70. The molecule has 8 nitrogen and oxygen atoms in total. The summed E-state index contributed by atoms with van der Waals surface area (Å²) in [4.78, 5) is 17.2. The maximum atomic E-state index is 12.7. The Balaban J connectivity index is 1.33. The maximum absolute atomic E-state index is 12.7. The van der Waals surface area contributed by atoms with Crippen LogP contribution in [0.2, 0.25) is 0 Å². The third-order valence-electron chi connectivity index (χ3n) is 5.17. The molecule has 3 aromatic heterocycles. The average Bonchev–Trinajstić information content (AvgIpc) is 3.55. The van der Waals surface area contributed by atoms with Crippen molar-refractivity contribution in [3.63, 3.8) is 0 Å². The Kier molecular flexibility index (Phi) is 6.33. The van der Waals surface area contributed by atoms with Gasteiger partial charge in [0.05, 0.1) is 41.5 Å². The Morgan fingerprint density at radius 2 is 2.03 bits per heavy atom. The number of hydrogen-bond donors (Lipinski definition) is 1. The Hall–Kier alpha value is -3.63. The Morgan fingerprint density at radius 3 is 2.79 bits per heavy atom. The third kappa shape index (κ3) is 4.68. The number of methoxy groups -OCH3 is 1. The van der Waals surface area contributed by atoms with Gasteiger partial charge in [0.2, 0.25) is 5.91 Å². The Morgan fingerprint density at radius 1 is 1.18 bits per heavy atom. The van der Waals surface area contributed by atoms with Crippen molar-refractivity contribution in [2.75, 3.05) is 18.2 Å². The lowest BCUT2D eigenvalue weighted by molar-refractivity contribution is -0.113. The molecule has 2 aromatic carbocycles. The molecule has 0 spiro atoms. The molecule has 1 N–H and O–H groups in total. The fraction of sp³-hybridized carbons (Fsp3) is 0.167. The van der Waals surface area contributed by atoms with Crippen molar-refractivity contribution in [3.8, 4) is 17.1 Å². The molecule has 0 aliphatic heterocycles. The molecule has 0 saturated heterocycles. The van der Waals surface area contributed by atoms with Gasteiger partial charge in [-0.1, -0.05) is 53.4 Å². The molecule has 0 radical (unpaired) electrons. The molecule has 0 bridgehead atoms. The molecule has 172 valence electrons. The molecule has 0 aliphatic rings. The summed E-state index contributed by atoms with van der Waals surface area (Å²) >= 11 is 2.74. The first-order valence-electron chi connectivity index (χ1n) is 10.5. The van der Waals surface area contributed by atoms with E-state index >= 15 is 0 Å². The first-order chi connectivity index (χ1) is 16.6. The largest absolute Gasteiger partial charge is 0.497 e. The second-order valence-corrected chi connectivity index (χ2v) is 9.43. The number of anilines is 1. The van der Waals surface area contributed by atoms with Gasteiger partial charge >= 0.3 is 0 Å². The number of carbonyl (C=O) groups excluding carboxylic acids is 1. The van der Waals surface area contributed by atoms with Gasteiger partial charge < -0.3 is 14.5 Å². The summed E-state index contributed by atoms with van der Waals surface area (Å²) in [5.41, 5.74) is 2.81. The number of hydrogen-bond acceptors (Lipinski definition) is 8. The molecule has 10 heteroatoms. The number of fused-ring (bicyclic) bond motifs is 1. The molecule has 0 atom stereocenters. The van der Waals surface area contributed by atoms with E-state index < -0.39 is 0 Å². The smallest absolute Gasteiger partial charge is 0.236 e. The number of benzene rings is 2. The van der Waals surface area contributed by atoms with E-state index in [2.05, 4.69) is 32.6 Å². The molecule has 0 saturated carbocycles. The normalized spacial score (nSPS) is 11.1. The van der Waals surface area contributed by atoms with Crippen molar-refractivity contribution in [3.05, 3.63) is 72.2 Å². The van der Waals surface area contributed by atoms with Gasteiger partial charge in [-0.3, -0.25) is 9.36 Å². The van der Waals surface area contributed by atoms with E-state index in [1.807, 2.05) is 54.0 Å². The van der Waals surface area contributed by atoms with Crippen LogP contribution < -0.4 is 10.1 Å². The number of thiazole rings is 1. The van der Waals surface area contributed by atoms with Gasteiger partial charge in [0.1, 0.15) is 11.5 Å². The average molecular weight is 492 g/mol. The van der Waals surface area contributed by atoms with Crippen LogP contribution >= 0.6 is 23.1 Å². The molecular weight excluding hydrogens is 470 g/mol. The van der Waals surface area contributed by atoms with Gasteiger partial charge in [-0.05, 0) is 36.8 Å². The highest BCUT2D eigenvalue weighted by molar-refractivity contribution is 7.99. The summed E-state index contributed by atoms with van der Waals surface area (Å²) in [7, 11) is 1.62. The van der Waals surface area contributed by atoms with Crippen LogP contribution in [0.25, 0.3) is 21.6 Å². The van der Waals surface area contributed by atoms with Gasteiger partial charge in [0.15, 0.2) is 16.1 Å². The number of nitrogens with one attached hydrogen (secondary N) is 1. The number of aryl methyl sites for hydroxylation is 1. The Labute approximate surface area is 204 Å². The van der Waals surface area contributed by atoms with Crippen molar-refractivity contribution < 1.29 is 13.9 Å². The summed E-state index contributed by atoms with van der Waals surface area (Å²) in [6.45, 7) is 2.47. The lowest BCUT2D eigenvalue weighted by atomic mass is 10.2. The monoisotopic (exact) mass is 491 g/mol. The number of ether oxygens (including phenoxy) is 1. The van der Waals surface area contributed by atoms with Crippen LogP contribution in [0.3, 0.4) is 0 Å². The molecule has 5 aromatic rings. The van der Waals surface area contributed by atoms with E-state index in [1.54, 1.807) is 13.4 Å². The molecular formula is C24H21N5O3S2. The molecule has 34 heavy (non-hydrogen) atoms. The van der Waals surface area contributed by atoms with E-state index in [0.29, 0.717) is 22.7 Å². The zero-order chi connectivity index (χ0) is 23.5. The van der Waals surface area contributed by atoms with Crippen LogP contribution in [0, 0.1) is 6.92 Å². The minimum absolute atomic E-state index is 0.161. The minimum atomic E-state index is -0.161. The van der Waals surface area contributed by atoms with Crippen molar-refractivity contribution in [1.82, 2.24) is 19.7 Å². The fourth-order valence-corrected chi connectivity index (χ4v) is 5.14. The SMILES string of the molecule is COc1ccc2nc(NC(=O)CSc3nnc(-c4ccoc4C)n3Cc3ccccc3)sc2c1. The first kappa shape index (κ1) is 22.2. The number of thioether (sulfide) groups is 1. The minimum Gasteiger partial charge on any atom is -0.497 e. The van der Waals surface area contributed by atoms with Crippen LogP contribution in [-0.2, 0) is 11.3 Å². The first-order valence-corrected chi connectivity index (χ1v) is 12.3. The summed E-state index contributed by atoms with van der Waals surface area (Å²) in [5.74, 6) is 2.25. The van der Waals surface area contributed by atoms with Gasteiger partial charge in [0.25, 0.3) is 0 Å². The van der Waals surface area contributed by atoms with Gasteiger partial charge in [-0.15, -0.1) is 10.2 Å². The number of nitrogens with zero attached hydrogens (tertiary/aromatic N) is 4.